The van der Waals surface area contributed by atoms with Crippen LogP contribution in [0.5, 0.6) is 0 Å². The molecule has 8 heteroatoms. The van der Waals surface area contributed by atoms with E-state index < -0.39 is 22.0 Å². The highest BCUT2D eigenvalue weighted by molar-refractivity contribution is 14.1. The summed E-state index contributed by atoms with van der Waals surface area (Å²) >= 11 is 1.83. The molecule has 0 aliphatic carbocycles. The Morgan fingerprint density at radius 1 is 1.55 bits per heavy atom. The van der Waals surface area contributed by atoms with Crippen molar-refractivity contribution in [1.82, 2.24) is 4.31 Å². The van der Waals surface area contributed by atoms with Gasteiger partial charge in [0, 0.05) is 16.7 Å². The molecule has 0 fully saturated rings. The molecule has 1 aromatic rings. The molecule has 0 amide bonds. The second-order valence-electron chi connectivity index (χ2n) is 4.18. The maximum atomic E-state index is 12.4. The lowest BCUT2D eigenvalue weighted by molar-refractivity contribution is 0.0695. The molecule has 6 nitrogen and oxygen atoms in total. The van der Waals surface area contributed by atoms with Crippen molar-refractivity contribution in [2.75, 3.05) is 7.05 Å². The predicted octanol–water partition coefficient (Wildman–Crippen LogP) is 1.91. The van der Waals surface area contributed by atoms with Gasteiger partial charge in [0.25, 0.3) is 0 Å². The summed E-state index contributed by atoms with van der Waals surface area (Å²) in [6, 6.07) is 5.36. The minimum atomic E-state index is -3.82. The summed E-state index contributed by atoms with van der Waals surface area (Å²) in [6.07, 6.45) is 0.0614. The van der Waals surface area contributed by atoms with Gasteiger partial charge in [-0.15, -0.1) is 0 Å². The number of hydrogen-bond donors (Lipinski definition) is 1. The summed E-state index contributed by atoms with van der Waals surface area (Å²) in [5.41, 5.74) is -0.0620. The topological polar surface area (TPSA) is 98.5 Å². The summed E-state index contributed by atoms with van der Waals surface area (Å²) in [4.78, 5) is 11.0. The molecule has 20 heavy (non-hydrogen) atoms. The second kappa shape index (κ2) is 6.51. The molecule has 0 saturated carbocycles. The monoisotopic (exact) mass is 408 g/mol. The van der Waals surface area contributed by atoms with E-state index in [0.717, 1.165) is 10.4 Å². The third kappa shape index (κ3) is 3.47. The lowest BCUT2D eigenvalue weighted by Crippen LogP contribution is -2.35. The molecule has 0 aliphatic heterocycles. The number of benzene rings is 1. The van der Waals surface area contributed by atoms with E-state index in [0.29, 0.717) is 3.57 Å². The van der Waals surface area contributed by atoms with E-state index in [9.17, 15) is 13.2 Å². The largest absolute Gasteiger partial charge is 0.478 e. The number of nitrogens with zero attached hydrogens (tertiary/aromatic N) is 2. The van der Waals surface area contributed by atoms with E-state index in [1.165, 1.54) is 19.2 Å². The van der Waals surface area contributed by atoms with Crippen molar-refractivity contribution in [3.63, 3.8) is 0 Å². The van der Waals surface area contributed by atoms with Gasteiger partial charge in [-0.05, 0) is 47.7 Å². The van der Waals surface area contributed by atoms with E-state index in [1.807, 2.05) is 28.7 Å². The van der Waals surface area contributed by atoms with Gasteiger partial charge in [0.2, 0.25) is 10.0 Å². The molecule has 0 spiro atoms. The van der Waals surface area contributed by atoms with E-state index in [1.54, 1.807) is 6.92 Å². The number of carboxylic acids is 1. The van der Waals surface area contributed by atoms with Gasteiger partial charge in [-0.25, -0.2) is 13.2 Å². The Hall–Kier alpha value is -1.18. The third-order valence-corrected chi connectivity index (χ3v) is 5.76. The van der Waals surface area contributed by atoms with Gasteiger partial charge in [-0.1, -0.05) is 0 Å². The molecule has 108 valence electrons. The zero-order valence-electron chi connectivity index (χ0n) is 10.9. The fourth-order valence-corrected chi connectivity index (χ4v) is 3.45. The summed E-state index contributed by atoms with van der Waals surface area (Å²) in [7, 11) is -2.45. The Labute approximate surface area is 131 Å². The van der Waals surface area contributed by atoms with E-state index in [-0.39, 0.29) is 16.9 Å². The molecule has 0 saturated heterocycles. The van der Waals surface area contributed by atoms with Crippen LogP contribution in [0.25, 0.3) is 0 Å². The van der Waals surface area contributed by atoms with Crippen molar-refractivity contribution >= 4 is 38.6 Å². The molecule has 1 N–H and O–H groups in total. The van der Waals surface area contributed by atoms with Crippen LogP contribution in [0.2, 0.25) is 0 Å². The zero-order valence-corrected chi connectivity index (χ0v) is 13.8. The van der Waals surface area contributed by atoms with E-state index in [2.05, 4.69) is 0 Å². The van der Waals surface area contributed by atoms with Crippen molar-refractivity contribution in [2.45, 2.75) is 24.3 Å². The molecule has 0 aromatic heterocycles. The summed E-state index contributed by atoms with van der Waals surface area (Å²) in [6.45, 7) is 1.62. The SMILES string of the molecule is CC(CC#N)N(C)S(=O)(=O)c1ccc(I)c(C(=O)O)c1. The first-order valence-corrected chi connectivity index (χ1v) is 8.11. The Morgan fingerprint density at radius 3 is 2.65 bits per heavy atom. The van der Waals surface area contributed by atoms with Crippen molar-refractivity contribution in [1.29, 1.82) is 5.26 Å². The smallest absolute Gasteiger partial charge is 0.336 e. The third-order valence-electron chi connectivity index (χ3n) is 2.85. The van der Waals surface area contributed by atoms with E-state index in [4.69, 9.17) is 10.4 Å². The average Bonchev–Trinajstić information content (AvgIpc) is 2.37. The summed E-state index contributed by atoms with van der Waals surface area (Å²) in [5, 5.41) is 17.7. The van der Waals surface area contributed by atoms with Crippen LogP contribution >= 0.6 is 22.6 Å². The predicted molar refractivity (Wildman–Crippen MR) is 80.8 cm³/mol. The maximum absolute atomic E-state index is 12.4. The molecule has 0 heterocycles. The number of aromatic carboxylic acids is 1. The van der Waals surface area contributed by atoms with Crippen LogP contribution in [0.4, 0.5) is 0 Å². The Kier molecular flexibility index (Phi) is 5.50. The summed E-state index contributed by atoms with van der Waals surface area (Å²) < 4.78 is 26.2. The van der Waals surface area contributed by atoms with E-state index >= 15 is 0 Å². The molecule has 1 unspecified atom stereocenters. The number of nitriles is 1. The van der Waals surface area contributed by atoms with Gasteiger partial charge in [0.1, 0.15) is 0 Å². The van der Waals surface area contributed by atoms with Gasteiger partial charge in [-0.2, -0.15) is 9.57 Å². The fraction of sp³-hybridized carbons (Fsp3) is 0.333. The number of sulfonamides is 1. The van der Waals surface area contributed by atoms with Gasteiger partial charge >= 0.3 is 5.97 Å². The van der Waals surface area contributed by atoms with Crippen LogP contribution in [0.15, 0.2) is 23.1 Å². The number of halogens is 1. The second-order valence-corrected chi connectivity index (χ2v) is 7.34. The minimum absolute atomic E-state index is 0.0614. The molecule has 0 radical (unpaired) electrons. The first-order valence-electron chi connectivity index (χ1n) is 5.59. The van der Waals surface area contributed by atoms with Crippen LogP contribution in [0.1, 0.15) is 23.7 Å². The molecule has 1 atom stereocenters. The van der Waals surface area contributed by atoms with Crippen LogP contribution in [-0.4, -0.2) is 36.9 Å². The number of carboxylic acid groups (broad SMARTS) is 1. The van der Waals surface area contributed by atoms with Gasteiger partial charge < -0.3 is 5.11 Å². The molecule has 1 rings (SSSR count). The number of rotatable bonds is 5. The van der Waals surface area contributed by atoms with Crippen molar-refractivity contribution in [2.24, 2.45) is 0 Å². The Bertz CT molecular complexity index is 667. The zero-order chi connectivity index (χ0) is 15.5. The Balaban J connectivity index is 3.27. The van der Waals surface area contributed by atoms with Crippen LogP contribution in [0.3, 0.4) is 0 Å². The highest BCUT2D eigenvalue weighted by atomic mass is 127. The summed E-state index contributed by atoms with van der Waals surface area (Å²) in [5.74, 6) is -1.18. The van der Waals surface area contributed by atoms with Crippen molar-refractivity contribution in [3.8, 4) is 6.07 Å². The van der Waals surface area contributed by atoms with Gasteiger partial charge in [-0.3, -0.25) is 0 Å². The van der Waals surface area contributed by atoms with Crippen LogP contribution in [0, 0.1) is 14.9 Å². The normalized spacial score (nSPS) is 12.9. The maximum Gasteiger partial charge on any atom is 0.336 e. The van der Waals surface area contributed by atoms with Crippen molar-refractivity contribution < 1.29 is 18.3 Å². The van der Waals surface area contributed by atoms with Crippen LogP contribution in [-0.2, 0) is 10.0 Å². The van der Waals surface area contributed by atoms with Gasteiger partial charge in [0.05, 0.1) is 22.9 Å². The fourth-order valence-electron chi connectivity index (χ4n) is 1.49. The molecule has 1 aromatic carbocycles. The highest BCUT2D eigenvalue weighted by Crippen LogP contribution is 2.22. The lowest BCUT2D eigenvalue weighted by atomic mass is 10.2. The first kappa shape index (κ1) is 16.9. The quantitative estimate of drug-likeness (QED) is 0.751. The number of carbonyl (C=O) groups is 1. The van der Waals surface area contributed by atoms with Crippen LogP contribution < -0.4 is 0 Å². The minimum Gasteiger partial charge on any atom is -0.478 e. The first-order chi connectivity index (χ1) is 9.21. The lowest BCUT2D eigenvalue weighted by Gasteiger charge is -2.22. The van der Waals surface area contributed by atoms with Gasteiger partial charge in [0.15, 0.2) is 0 Å². The average molecular weight is 408 g/mol. The highest BCUT2D eigenvalue weighted by Gasteiger charge is 2.26. The Morgan fingerprint density at radius 2 is 2.15 bits per heavy atom. The molecular weight excluding hydrogens is 395 g/mol. The van der Waals surface area contributed by atoms with Crippen molar-refractivity contribution in [3.05, 3.63) is 27.3 Å². The molecular formula is C12H13IN2O4S. The standard InChI is InChI=1S/C12H13IN2O4S/c1-8(5-6-14)15(2)20(18,19)9-3-4-11(13)10(7-9)12(16)17/h3-4,7-8H,5H2,1-2H3,(H,16,17). The number of hydrogen-bond acceptors (Lipinski definition) is 4. The molecule has 0 bridgehead atoms. The molecule has 0 aliphatic rings.